The molecule has 5 aliphatic rings. The molecular weight excluding hydrogens is 520 g/mol. The first-order chi connectivity index (χ1) is 18.7. The molecule has 10 heteroatoms. The van der Waals surface area contributed by atoms with Crippen LogP contribution in [0, 0.1) is 29.1 Å². The highest BCUT2D eigenvalue weighted by atomic mass is 16.6. The van der Waals surface area contributed by atoms with Crippen LogP contribution >= 0.6 is 0 Å². The summed E-state index contributed by atoms with van der Waals surface area (Å²) in [4.78, 5) is 39.6. The van der Waals surface area contributed by atoms with Gasteiger partial charge in [0, 0.05) is 41.9 Å². The third-order valence-corrected chi connectivity index (χ3v) is 11.0. The van der Waals surface area contributed by atoms with Gasteiger partial charge in [0.15, 0.2) is 17.0 Å². The number of aliphatic hydroxyl groups is 4. The van der Waals surface area contributed by atoms with Crippen molar-refractivity contribution in [3.63, 3.8) is 0 Å². The summed E-state index contributed by atoms with van der Waals surface area (Å²) < 4.78 is 18.4. The Labute approximate surface area is 235 Å². The van der Waals surface area contributed by atoms with Crippen LogP contribution < -0.4 is 0 Å². The Hall–Kier alpha value is -1.85. The van der Waals surface area contributed by atoms with Crippen LogP contribution in [0.25, 0.3) is 0 Å². The molecule has 3 saturated carbocycles. The van der Waals surface area contributed by atoms with Crippen molar-refractivity contribution in [2.75, 3.05) is 6.61 Å². The molecular formula is C30H44O10. The predicted octanol–water partition coefficient (Wildman–Crippen LogP) is 1.59. The maximum absolute atomic E-state index is 13.4. The van der Waals surface area contributed by atoms with Crippen molar-refractivity contribution in [1.29, 1.82) is 0 Å². The smallest absolute Gasteiger partial charge is 0.306 e. The highest BCUT2D eigenvalue weighted by Gasteiger charge is 2.93. The molecule has 10 nitrogen and oxygen atoms in total. The molecule has 4 fully saturated rings. The summed E-state index contributed by atoms with van der Waals surface area (Å²) in [5.74, 6) is -5.38. The van der Waals surface area contributed by atoms with Gasteiger partial charge in [0.2, 0.25) is 0 Å². The molecule has 0 aromatic heterocycles. The maximum Gasteiger partial charge on any atom is 0.306 e. The van der Waals surface area contributed by atoms with Crippen LogP contribution in [-0.4, -0.2) is 85.5 Å². The second kappa shape index (κ2) is 9.33. The molecule has 4 aliphatic carbocycles. The molecule has 7 unspecified atom stereocenters. The lowest BCUT2D eigenvalue weighted by Gasteiger charge is -2.53. The van der Waals surface area contributed by atoms with E-state index < -0.39 is 94.1 Å². The molecule has 0 spiro atoms. The number of carbonyl (C=O) groups excluding carboxylic acids is 3. The first-order valence-electron chi connectivity index (χ1n) is 14.7. The van der Waals surface area contributed by atoms with Gasteiger partial charge in [0.1, 0.15) is 17.8 Å². The highest BCUT2D eigenvalue weighted by Crippen LogP contribution is 2.79. The third-order valence-electron chi connectivity index (χ3n) is 11.0. The third kappa shape index (κ3) is 3.43. The van der Waals surface area contributed by atoms with E-state index in [0.29, 0.717) is 12.8 Å². The number of esters is 2. The number of rotatable bonds is 9. The summed E-state index contributed by atoms with van der Waals surface area (Å²) in [6.07, 6.45) is 0.745. The van der Waals surface area contributed by atoms with Crippen molar-refractivity contribution >= 4 is 17.7 Å². The van der Waals surface area contributed by atoms with Crippen molar-refractivity contribution in [2.45, 2.75) is 121 Å². The highest BCUT2D eigenvalue weighted by molar-refractivity contribution is 6.05. The van der Waals surface area contributed by atoms with E-state index in [1.807, 2.05) is 27.7 Å². The second-order valence-electron chi connectivity index (χ2n) is 13.3. The predicted molar refractivity (Wildman–Crippen MR) is 141 cm³/mol. The minimum absolute atomic E-state index is 0.148. The molecule has 1 aliphatic heterocycles. The Morgan fingerprint density at radius 2 is 1.68 bits per heavy atom. The van der Waals surface area contributed by atoms with Gasteiger partial charge in [-0.15, -0.1) is 0 Å². The second-order valence-corrected chi connectivity index (χ2v) is 13.3. The summed E-state index contributed by atoms with van der Waals surface area (Å²) in [7, 11) is 0. The Balaban J connectivity index is 1.68. The average Bonchev–Trinajstić information content (AvgIpc) is 3.74. The molecule has 11 atom stereocenters. The normalized spacial score (nSPS) is 47.6. The molecule has 0 amide bonds. The molecule has 1 saturated heterocycles. The van der Waals surface area contributed by atoms with E-state index >= 15 is 0 Å². The molecule has 5 rings (SSSR count). The van der Waals surface area contributed by atoms with Crippen molar-refractivity contribution < 1.29 is 49.0 Å². The van der Waals surface area contributed by atoms with Gasteiger partial charge in [-0.2, -0.15) is 0 Å². The van der Waals surface area contributed by atoms with E-state index in [0.717, 1.165) is 12.8 Å². The summed E-state index contributed by atoms with van der Waals surface area (Å²) in [6, 6.07) is 0. The van der Waals surface area contributed by atoms with Gasteiger partial charge in [0.25, 0.3) is 0 Å². The molecule has 0 radical (unpaired) electrons. The lowest BCUT2D eigenvalue weighted by molar-refractivity contribution is -0.245. The largest absolute Gasteiger partial charge is 0.458 e. The van der Waals surface area contributed by atoms with E-state index in [2.05, 4.69) is 0 Å². The molecule has 0 bridgehead atoms. The number of fused-ring (bicyclic) bond motifs is 7. The van der Waals surface area contributed by atoms with Crippen LogP contribution in [0.2, 0.25) is 0 Å². The monoisotopic (exact) mass is 564 g/mol. The number of ether oxygens (including phenoxy) is 3. The maximum atomic E-state index is 13.4. The fourth-order valence-electron chi connectivity index (χ4n) is 8.75. The topological polar surface area (TPSA) is 163 Å². The van der Waals surface area contributed by atoms with E-state index in [1.165, 1.54) is 13.0 Å². The fraction of sp³-hybridized carbons (Fsp3) is 0.833. The van der Waals surface area contributed by atoms with Crippen molar-refractivity contribution in [1.82, 2.24) is 0 Å². The SMILES string of the molecule is CCCCC(=O)OC1[C@@H](C)C2(O)[C@@H]3C=C(C)C(=O)C3(O)C(O)C3(CO)OC3[C@H]2[C@H]2C(C)(C)C12OC(=O)CCCC. The molecule has 0 aromatic carbocycles. The number of hydrogen-bond acceptors (Lipinski definition) is 10. The Morgan fingerprint density at radius 1 is 1.07 bits per heavy atom. The Kier molecular flexibility index (Phi) is 6.91. The van der Waals surface area contributed by atoms with Gasteiger partial charge in [-0.3, -0.25) is 14.4 Å². The number of unbranched alkanes of at least 4 members (excludes halogenated alkanes) is 2. The van der Waals surface area contributed by atoms with Gasteiger partial charge in [0.05, 0.1) is 18.3 Å². The molecule has 1 heterocycles. The van der Waals surface area contributed by atoms with Crippen LogP contribution in [0.1, 0.15) is 80.1 Å². The van der Waals surface area contributed by atoms with Crippen LogP contribution in [-0.2, 0) is 28.6 Å². The number of ketones is 1. The van der Waals surface area contributed by atoms with E-state index in [4.69, 9.17) is 14.2 Å². The van der Waals surface area contributed by atoms with Crippen LogP contribution in [0.5, 0.6) is 0 Å². The molecule has 224 valence electrons. The minimum atomic E-state index is -2.47. The first kappa shape index (κ1) is 29.6. The summed E-state index contributed by atoms with van der Waals surface area (Å²) in [6.45, 7) is 10.2. The van der Waals surface area contributed by atoms with Gasteiger partial charge < -0.3 is 34.6 Å². The van der Waals surface area contributed by atoms with E-state index in [1.54, 1.807) is 6.92 Å². The van der Waals surface area contributed by atoms with Crippen LogP contribution in [0.15, 0.2) is 11.6 Å². The quantitative estimate of drug-likeness (QED) is 0.239. The van der Waals surface area contributed by atoms with Gasteiger partial charge in [-0.05, 0) is 25.3 Å². The number of epoxide rings is 1. The van der Waals surface area contributed by atoms with Crippen molar-refractivity contribution in [3.05, 3.63) is 11.6 Å². The summed E-state index contributed by atoms with van der Waals surface area (Å²) in [5, 5.41) is 46.7. The number of carbonyl (C=O) groups is 3. The Morgan fingerprint density at radius 3 is 2.25 bits per heavy atom. The molecule has 0 aromatic rings. The van der Waals surface area contributed by atoms with Gasteiger partial charge >= 0.3 is 11.9 Å². The first-order valence-corrected chi connectivity index (χ1v) is 14.7. The average molecular weight is 565 g/mol. The minimum Gasteiger partial charge on any atom is -0.458 e. The van der Waals surface area contributed by atoms with Crippen LogP contribution in [0.4, 0.5) is 0 Å². The zero-order valence-corrected chi connectivity index (χ0v) is 24.3. The zero-order valence-electron chi connectivity index (χ0n) is 24.3. The molecule has 4 N–H and O–H groups in total. The lowest BCUT2D eigenvalue weighted by atomic mass is 9.58. The lowest BCUT2D eigenvalue weighted by Crippen LogP contribution is -2.69. The number of hydrogen-bond donors (Lipinski definition) is 4. The Bertz CT molecular complexity index is 1130. The van der Waals surface area contributed by atoms with Crippen molar-refractivity contribution in [3.8, 4) is 0 Å². The summed E-state index contributed by atoms with van der Waals surface area (Å²) >= 11 is 0. The van der Waals surface area contributed by atoms with Crippen LogP contribution in [0.3, 0.4) is 0 Å². The zero-order chi connectivity index (χ0) is 29.6. The summed E-state index contributed by atoms with van der Waals surface area (Å²) in [5.41, 5.74) is -8.01. The van der Waals surface area contributed by atoms with E-state index in [-0.39, 0.29) is 18.4 Å². The number of aliphatic hydroxyl groups excluding tert-OH is 2. The standard InChI is InChI=1S/C30H44O10/c1-7-9-11-18(32)38-23-16(4)28(36)17-13-15(3)22(34)29(17,37)25(35)27(14-31)24(40-27)20(28)21-26(5,6)30(21,23)39-19(33)12-10-8-2/h13,16-17,20-21,23-25,31,35-37H,7-12,14H2,1-6H3/t16-,17+,20-,21+,23?,24?,25?,27?,28?,29?,30?/m1/s1. The van der Waals surface area contributed by atoms with E-state index in [9.17, 15) is 34.8 Å². The van der Waals surface area contributed by atoms with Gasteiger partial charge in [-0.25, -0.2) is 0 Å². The fourth-order valence-corrected chi connectivity index (χ4v) is 8.75. The van der Waals surface area contributed by atoms with Crippen molar-refractivity contribution in [2.24, 2.45) is 29.1 Å². The number of Topliss-reactive ketones (excluding diaryl/α,β-unsaturated/α-hetero) is 1. The van der Waals surface area contributed by atoms with Gasteiger partial charge in [-0.1, -0.05) is 53.5 Å². The molecule has 40 heavy (non-hydrogen) atoms.